The number of carbonyl (C=O) groups is 4. The molecule has 2 N–H and O–H groups in total. The van der Waals surface area contributed by atoms with Gasteiger partial charge in [0.15, 0.2) is 18.1 Å². The van der Waals surface area contributed by atoms with Gasteiger partial charge in [-0.1, -0.05) is 6.07 Å². The molecule has 1 aromatic carbocycles. The highest BCUT2D eigenvalue weighted by atomic mass is 16.5. The second-order valence-electron chi connectivity index (χ2n) is 6.89. The Kier molecular flexibility index (Phi) is 7.03. The van der Waals surface area contributed by atoms with Crippen LogP contribution in [0.4, 0.5) is 4.79 Å². The van der Waals surface area contributed by atoms with Crippen LogP contribution in [-0.4, -0.2) is 61.6 Å². The van der Waals surface area contributed by atoms with E-state index < -0.39 is 36.0 Å². The molecular formula is C19H25N3O7. The third-order valence-electron chi connectivity index (χ3n) is 4.29. The first-order chi connectivity index (χ1) is 13.7. The van der Waals surface area contributed by atoms with Gasteiger partial charge in [-0.15, -0.1) is 0 Å². The van der Waals surface area contributed by atoms with E-state index in [1.165, 1.54) is 14.2 Å². The number of hydrogen-bond acceptors (Lipinski definition) is 7. The Bertz CT molecular complexity index is 807. The minimum Gasteiger partial charge on any atom is -0.493 e. The molecule has 0 atom stereocenters. The van der Waals surface area contributed by atoms with Gasteiger partial charge < -0.3 is 24.8 Å². The minimum atomic E-state index is -0.995. The summed E-state index contributed by atoms with van der Waals surface area (Å²) in [6.07, 6.45) is -0.196. The van der Waals surface area contributed by atoms with Crippen molar-refractivity contribution in [2.45, 2.75) is 32.4 Å². The second-order valence-corrected chi connectivity index (χ2v) is 6.89. The zero-order valence-corrected chi connectivity index (χ0v) is 16.9. The summed E-state index contributed by atoms with van der Waals surface area (Å²) in [5.41, 5.74) is -0.214. The molecule has 0 aromatic heterocycles. The average Bonchev–Trinajstić information content (AvgIpc) is 2.89. The van der Waals surface area contributed by atoms with Crippen LogP contribution in [0.2, 0.25) is 0 Å². The number of rotatable bonds is 9. The summed E-state index contributed by atoms with van der Waals surface area (Å²) in [7, 11) is 3.04. The van der Waals surface area contributed by atoms with Crippen LogP contribution in [0.5, 0.6) is 11.5 Å². The van der Waals surface area contributed by atoms with Crippen LogP contribution in [0.3, 0.4) is 0 Å². The summed E-state index contributed by atoms with van der Waals surface area (Å²) >= 11 is 0. The van der Waals surface area contributed by atoms with Crippen LogP contribution < -0.4 is 20.1 Å². The van der Waals surface area contributed by atoms with E-state index in [-0.39, 0.29) is 19.5 Å². The van der Waals surface area contributed by atoms with Crippen LogP contribution in [0.1, 0.15) is 25.8 Å². The fourth-order valence-electron chi connectivity index (χ4n) is 2.68. The largest absolute Gasteiger partial charge is 0.493 e. The maximum absolute atomic E-state index is 12.0. The van der Waals surface area contributed by atoms with Crippen LogP contribution in [0.15, 0.2) is 18.2 Å². The van der Waals surface area contributed by atoms with Crippen molar-refractivity contribution < 1.29 is 33.4 Å². The molecule has 0 aliphatic carbocycles. The lowest BCUT2D eigenvalue weighted by atomic mass is 10.1. The molecule has 10 nitrogen and oxygen atoms in total. The van der Waals surface area contributed by atoms with E-state index in [2.05, 4.69) is 10.6 Å². The van der Waals surface area contributed by atoms with Gasteiger partial charge in [-0.25, -0.2) is 4.79 Å². The molecule has 0 radical (unpaired) electrons. The second kappa shape index (κ2) is 9.26. The lowest BCUT2D eigenvalue weighted by molar-refractivity contribution is -0.149. The van der Waals surface area contributed by atoms with Gasteiger partial charge >= 0.3 is 12.0 Å². The Morgan fingerprint density at radius 2 is 1.83 bits per heavy atom. The Labute approximate surface area is 168 Å². The molecule has 4 amide bonds. The number of nitrogens with one attached hydrogen (secondary N) is 2. The quantitative estimate of drug-likeness (QED) is 0.453. The summed E-state index contributed by atoms with van der Waals surface area (Å²) in [6, 6.07) is 4.66. The number of methoxy groups -OCH3 is 2. The number of benzene rings is 1. The predicted octanol–water partition coefficient (Wildman–Crippen LogP) is 0.584. The van der Waals surface area contributed by atoms with E-state index in [4.69, 9.17) is 14.2 Å². The normalized spacial score (nSPS) is 15.0. The van der Waals surface area contributed by atoms with Crippen molar-refractivity contribution in [3.8, 4) is 11.5 Å². The van der Waals surface area contributed by atoms with Crippen LogP contribution >= 0.6 is 0 Å². The Hall–Kier alpha value is -3.30. The standard InChI is InChI=1S/C19H25N3O7/c1-19(2)17(25)22(18(26)21-19)8-7-16(24)29-11-15(23)20-10-12-5-6-13(27-3)14(9-12)28-4/h5-6,9H,7-8,10-11H2,1-4H3,(H,20,23)(H,21,26). The molecule has 1 aromatic rings. The maximum atomic E-state index is 12.0. The molecule has 2 rings (SSSR count). The number of ether oxygens (including phenoxy) is 3. The summed E-state index contributed by atoms with van der Waals surface area (Å²) < 4.78 is 15.2. The molecule has 0 bridgehead atoms. The molecule has 1 aliphatic heterocycles. The van der Waals surface area contributed by atoms with Crippen LogP contribution in [0, 0.1) is 0 Å². The Balaban J connectivity index is 1.73. The first-order valence-corrected chi connectivity index (χ1v) is 8.95. The first kappa shape index (κ1) is 22.0. The van der Waals surface area contributed by atoms with Gasteiger partial charge in [-0.2, -0.15) is 0 Å². The number of esters is 1. The predicted molar refractivity (Wildman–Crippen MR) is 101 cm³/mol. The molecule has 1 fully saturated rings. The topological polar surface area (TPSA) is 123 Å². The number of carbonyl (C=O) groups excluding carboxylic acids is 4. The van der Waals surface area contributed by atoms with E-state index in [1.807, 2.05) is 0 Å². The van der Waals surface area contributed by atoms with Crippen molar-refractivity contribution in [1.82, 2.24) is 15.5 Å². The fraction of sp³-hybridized carbons (Fsp3) is 0.474. The fourth-order valence-corrected chi connectivity index (χ4v) is 2.68. The zero-order chi connectivity index (χ0) is 21.6. The molecular weight excluding hydrogens is 382 g/mol. The highest BCUT2D eigenvalue weighted by molar-refractivity contribution is 6.06. The van der Waals surface area contributed by atoms with Gasteiger partial charge in [0.05, 0.1) is 20.6 Å². The van der Waals surface area contributed by atoms with Crippen molar-refractivity contribution in [1.29, 1.82) is 0 Å². The van der Waals surface area contributed by atoms with Crippen molar-refractivity contribution >= 4 is 23.8 Å². The van der Waals surface area contributed by atoms with Crippen molar-refractivity contribution in [2.75, 3.05) is 27.4 Å². The summed E-state index contributed by atoms with van der Waals surface area (Å²) in [5.74, 6) is -0.469. The number of imide groups is 1. The lowest BCUT2D eigenvalue weighted by Crippen LogP contribution is -2.40. The lowest BCUT2D eigenvalue weighted by Gasteiger charge is -2.15. The monoisotopic (exact) mass is 407 g/mol. The van der Waals surface area contributed by atoms with Crippen molar-refractivity contribution in [2.24, 2.45) is 0 Å². The van der Waals surface area contributed by atoms with Gasteiger partial charge in [0.2, 0.25) is 0 Å². The number of amides is 4. The summed E-state index contributed by atoms with van der Waals surface area (Å²) in [4.78, 5) is 48.4. The molecule has 0 saturated carbocycles. The SMILES string of the molecule is COc1ccc(CNC(=O)COC(=O)CCN2C(=O)NC(C)(C)C2=O)cc1OC. The number of nitrogens with zero attached hydrogens (tertiary/aromatic N) is 1. The van der Waals surface area contributed by atoms with Crippen molar-refractivity contribution in [3.05, 3.63) is 23.8 Å². The molecule has 1 heterocycles. The van der Waals surface area contributed by atoms with E-state index in [0.717, 1.165) is 10.5 Å². The molecule has 158 valence electrons. The Morgan fingerprint density at radius 3 is 2.41 bits per heavy atom. The number of hydrogen-bond donors (Lipinski definition) is 2. The van der Waals surface area contributed by atoms with Gasteiger partial charge in [-0.3, -0.25) is 19.3 Å². The van der Waals surface area contributed by atoms with Crippen LogP contribution in [0.25, 0.3) is 0 Å². The number of urea groups is 1. The zero-order valence-electron chi connectivity index (χ0n) is 16.9. The summed E-state index contributed by atoms with van der Waals surface area (Å²) in [5, 5.41) is 5.14. The molecule has 0 unspecified atom stereocenters. The molecule has 0 spiro atoms. The third kappa shape index (κ3) is 5.59. The van der Waals surface area contributed by atoms with E-state index in [9.17, 15) is 19.2 Å². The van der Waals surface area contributed by atoms with E-state index in [1.54, 1.807) is 32.0 Å². The highest BCUT2D eigenvalue weighted by Crippen LogP contribution is 2.27. The molecule has 10 heteroatoms. The van der Waals surface area contributed by atoms with E-state index >= 15 is 0 Å². The van der Waals surface area contributed by atoms with Gasteiger partial charge in [0.1, 0.15) is 5.54 Å². The Morgan fingerprint density at radius 1 is 1.14 bits per heavy atom. The van der Waals surface area contributed by atoms with E-state index in [0.29, 0.717) is 11.5 Å². The van der Waals surface area contributed by atoms with Crippen molar-refractivity contribution in [3.63, 3.8) is 0 Å². The molecule has 29 heavy (non-hydrogen) atoms. The average molecular weight is 407 g/mol. The molecule has 1 aliphatic rings. The van der Waals surface area contributed by atoms with Gasteiger partial charge in [0.25, 0.3) is 11.8 Å². The van der Waals surface area contributed by atoms with Crippen LogP contribution in [-0.2, 0) is 25.7 Å². The third-order valence-corrected chi connectivity index (χ3v) is 4.29. The van der Waals surface area contributed by atoms with Gasteiger partial charge in [0, 0.05) is 13.1 Å². The summed E-state index contributed by atoms with van der Waals surface area (Å²) in [6.45, 7) is 2.80. The van der Waals surface area contributed by atoms with Gasteiger partial charge in [-0.05, 0) is 31.5 Å². The molecule has 1 saturated heterocycles. The minimum absolute atomic E-state index is 0.111. The maximum Gasteiger partial charge on any atom is 0.325 e. The first-order valence-electron chi connectivity index (χ1n) is 8.95. The smallest absolute Gasteiger partial charge is 0.325 e. The highest BCUT2D eigenvalue weighted by Gasteiger charge is 2.44.